The standard InChI is InChI=1S/C21H20F3N3O4/c1-29-16-10-4-12(11-17(16)30-2)3-9-15(18(25)28)13-5-7-14(8-6-13)19-26-20(31-27-19)21(22,23)24/h4-8,10-11,15H,3,9H2,1-2H3,(H2,25,28). The molecule has 0 radical (unpaired) electrons. The molecule has 3 aromatic rings. The van der Waals surface area contributed by atoms with Crippen molar-refractivity contribution in [2.75, 3.05) is 14.2 Å². The van der Waals surface area contributed by atoms with E-state index >= 15 is 0 Å². The summed E-state index contributed by atoms with van der Waals surface area (Å²) in [6.45, 7) is 0. The molecule has 0 aliphatic heterocycles. The number of methoxy groups -OCH3 is 2. The van der Waals surface area contributed by atoms with E-state index < -0.39 is 23.9 Å². The molecule has 3 rings (SSSR count). The first-order chi connectivity index (χ1) is 14.7. The van der Waals surface area contributed by atoms with E-state index in [0.29, 0.717) is 35.5 Å². The molecule has 0 aliphatic rings. The molecule has 0 saturated carbocycles. The molecule has 7 nitrogen and oxygen atoms in total. The van der Waals surface area contributed by atoms with Crippen molar-refractivity contribution in [1.29, 1.82) is 0 Å². The molecule has 10 heteroatoms. The van der Waals surface area contributed by atoms with Crippen LogP contribution in [0, 0.1) is 0 Å². The Morgan fingerprint density at radius 1 is 1.10 bits per heavy atom. The molecule has 0 spiro atoms. The van der Waals surface area contributed by atoms with E-state index in [0.717, 1.165) is 5.56 Å². The number of aryl methyl sites for hydroxylation is 1. The van der Waals surface area contributed by atoms with Crippen molar-refractivity contribution in [3.63, 3.8) is 0 Å². The molecule has 0 aliphatic carbocycles. The van der Waals surface area contributed by atoms with Gasteiger partial charge in [-0.1, -0.05) is 35.5 Å². The van der Waals surface area contributed by atoms with Crippen molar-refractivity contribution < 1.29 is 32.0 Å². The lowest BCUT2D eigenvalue weighted by atomic mass is 9.91. The molecule has 0 fully saturated rings. The molecule has 2 aromatic carbocycles. The van der Waals surface area contributed by atoms with Crippen molar-refractivity contribution in [3.8, 4) is 22.9 Å². The minimum atomic E-state index is -4.72. The Kier molecular flexibility index (Phi) is 6.47. The van der Waals surface area contributed by atoms with Crippen molar-refractivity contribution in [2.45, 2.75) is 24.9 Å². The van der Waals surface area contributed by atoms with E-state index in [9.17, 15) is 18.0 Å². The van der Waals surface area contributed by atoms with Gasteiger partial charge in [0.2, 0.25) is 11.7 Å². The SMILES string of the molecule is COc1ccc(CCC(C(N)=O)c2ccc(-c3noc(C(F)(F)F)n3)cc2)cc1OC. The Hall–Kier alpha value is -3.56. The molecule has 164 valence electrons. The molecule has 0 saturated heterocycles. The van der Waals surface area contributed by atoms with Crippen LogP contribution in [0.15, 0.2) is 47.0 Å². The second-order valence-corrected chi connectivity index (χ2v) is 6.73. The summed E-state index contributed by atoms with van der Waals surface area (Å²) in [4.78, 5) is 15.4. The van der Waals surface area contributed by atoms with Crippen LogP contribution >= 0.6 is 0 Å². The minimum Gasteiger partial charge on any atom is -0.493 e. The van der Waals surface area contributed by atoms with Gasteiger partial charge in [-0.15, -0.1) is 0 Å². The number of ether oxygens (including phenoxy) is 2. The quantitative estimate of drug-likeness (QED) is 0.575. The largest absolute Gasteiger partial charge is 0.493 e. The molecule has 1 heterocycles. The summed E-state index contributed by atoms with van der Waals surface area (Å²) in [6, 6.07) is 11.7. The summed E-state index contributed by atoms with van der Waals surface area (Å²) in [5.74, 6) is -1.52. The molecule has 1 unspecified atom stereocenters. The lowest BCUT2D eigenvalue weighted by Gasteiger charge is -2.15. The van der Waals surface area contributed by atoms with Crippen LogP contribution in [0.2, 0.25) is 0 Å². The van der Waals surface area contributed by atoms with E-state index in [1.807, 2.05) is 12.1 Å². The summed E-state index contributed by atoms with van der Waals surface area (Å²) in [5, 5.41) is 3.35. The third-order valence-corrected chi connectivity index (χ3v) is 4.75. The number of hydrogen-bond acceptors (Lipinski definition) is 6. The molecule has 2 N–H and O–H groups in total. The lowest BCUT2D eigenvalue weighted by Crippen LogP contribution is -2.22. The zero-order chi connectivity index (χ0) is 22.6. The fourth-order valence-electron chi connectivity index (χ4n) is 3.14. The van der Waals surface area contributed by atoms with Gasteiger partial charge in [-0.2, -0.15) is 18.2 Å². The second kappa shape index (κ2) is 9.07. The number of carbonyl (C=O) groups is 1. The van der Waals surface area contributed by atoms with Crippen molar-refractivity contribution >= 4 is 5.91 Å². The number of benzene rings is 2. The zero-order valence-electron chi connectivity index (χ0n) is 16.8. The number of nitrogens with two attached hydrogens (primary N) is 1. The zero-order valence-corrected chi connectivity index (χ0v) is 16.8. The summed E-state index contributed by atoms with van der Waals surface area (Å²) < 4.78 is 52.6. The highest BCUT2D eigenvalue weighted by molar-refractivity contribution is 5.82. The number of aromatic nitrogens is 2. The van der Waals surface area contributed by atoms with E-state index in [1.165, 1.54) is 19.2 Å². The molecule has 31 heavy (non-hydrogen) atoms. The highest BCUT2D eigenvalue weighted by atomic mass is 19.4. The Balaban J connectivity index is 1.75. The third kappa shape index (κ3) is 5.14. The Bertz CT molecular complexity index is 1050. The highest BCUT2D eigenvalue weighted by Crippen LogP contribution is 2.31. The summed E-state index contributed by atoms with van der Waals surface area (Å²) in [6.07, 6.45) is -3.73. The first-order valence-electron chi connectivity index (χ1n) is 9.24. The normalized spacial score (nSPS) is 12.4. The van der Waals surface area contributed by atoms with Crippen molar-refractivity contribution in [3.05, 3.63) is 59.5 Å². The smallest absolute Gasteiger partial charge is 0.471 e. The number of primary amides is 1. The summed E-state index contributed by atoms with van der Waals surface area (Å²) >= 11 is 0. The number of nitrogens with zero attached hydrogens (tertiary/aromatic N) is 2. The number of rotatable bonds is 8. The van der Waals surface area contributed by atoms with Crippen LogP contribution in [0.25, 0.3) is 11.4 Å². The summed E-state index contributed by atoms with van der Waals surface area (Å²) in [5.41, 5.74) is 7.48. The van der Waals surface area contributed by atoms with Gasteiger partial charge < -0.3 is 19.7 Å². The van der Waals surface area contributed by atoms with Gasteiger partial charge in [0.25, 0.3) is 0 Å². The van der Waals surface area contributed by atoms with Gasteiger partial charge in [0, 0.05) is 5.56 Å². The van der Waals surface area contributed by atoms with Crippen molar-refractivity contribution in [2.24, 2.45) is 5.73 Å². The van der Waals surface area contributed by atoms with Gasteiger partial charge >= 0.3 is 12.1 Å². The Labute approximate surface area is 176 Å². The number of alkyl halides is 3. The predicted octanol–water partition coefficient (Wildman–Crippen LogP) is 3.97. The Morgan fingerprint density at radius 3 is 2.32 bits per heavy atom. The summed E-state index contributed by atoms with van der Waals surface area (Å²) in [7, 11) is 3.08. The van der Waals surface area contributed by atoms with Crippen LogP contribution in [0.3, 0.4) is 0 Å². The van der Waals surface area contributed by atoms with Crippen LogP contribution in [0.5, 0.6) is 11.5 Å². The van der Waals surface area contributed by atoms with Gasteiger partial charge in [-0.05, 0) is 36.1 Å². The maximum atomic E-state index is 12.6. The van der Waals surface area contributed by atoms with Gasteiger partial charge in [0.05, 0.1) is 20.1 Å². The van der Waals surface area contributed by atoms with E-state index in [4.69, 9.17) is 15.2 Å². The molecular formula is C21H20F3N3O4. The average molecular weight is 435 g/mol. The molecular weight excluding hydrogens is 415 g/mol. The van der Waals surface area contributed by atoms with Crippen LogP contribution in [-0.2, 0) is 17.4 Å². The van der Waals surface area contributed by atoms with Crippen LogP contribution in [0.1, 0.15) is 29.4 Å². The Morgan fingerprint density at radius 2 is 1.77 bits per heavy atom. The first kappa shape index (κ1) is 22.1. The average Bonchev–Trinajstić information content (AvgIpc) is 3.25. The van der Waals surface area contributed by atoms with Gasteiger partial charge in [0.1, 0.15) is 0 Å². The molecule has 1 atom stereocenters. The lowest BCUT2D eigenvalue weighted by molar-refractivity contribution is -0.159. The van der Waals surface area contributed by atoms with Gasteiger partial charge in [-0.3, -0.25) is 4.79 Å². The minimum absolute atomic E-state index is 0.195. The van der Waals surface area contributed by atoms with Gasteiger partial charge in [-0.25, -0.2) is 0 Å². The van der Waals surface area contributed by atoms with E-state index in [2.05, 4.69) is 14.7 Å². The first-order valence-corrected chi connectivity index (χ1v) is 9.24. The number of amides is 1. The van der Waals surface area contributed by atoms with Gasteiger partial charge in [0.15, 0.2) is 11.5 Å². The van der Waals surface area contributed by atoms with Crippen molar-refractivity contribution in [1.82, 2.24) is 10.1 Å². The fourth-order valence-corrected chi connectivity index (χ4v) is 3.14. The number of halogens is 3. The van der Waals surface area contributed by atoms with Crippen LogP contribution < -0.4 is 15.2 Å². The third-order valence-electron chi connectivity index (χ3n) is 4.75. The van der Waals surface area contributed by atoms with Crippen LogP contribution in [-0.4, -0.2) is 30.3 Å². The van der Waals surface area contributed by atoms with E-state index in [1.54, 1.807) is 25.3 Å². The van der Waals surface area contributed by atoms with Crippen LogP contribution in [0.4, 0.5) is 13.2 Å². The predicted molar refractivity (Wildman–Crippen MR) is 105 cm³/mol. The van der Waals surface area contributed by atoms with E-state index in [-0.39, 0.29) is 5.82 Å². The number of carbonyl (C=O) groups excluding carboxylic acids is 1. The second-order valence-electron chi connectivity index (χ2n) is 6.73. The topological polar surface area (TPSA) is 100 Å². The molecule has 1 amide bonds. The maximum absolute atomic E-state index is 12.6. The monoisotopic (exact) mass is 435 g/mol. The number of hydrogen-bond donors (Lipinski definition) is 1. The highest BCUT2D eigenvalue weighted by Gasteiger charge is 2.38. The molecule has 0 bridgehead atoms. The maximum Gasteiger partial charge on any atom is 0.471 e. The fraction of sp³-hybridized carbons (Fsp3) is 0.286. The molecule has 1 aromatic heterocycles.